The van der Waals surface area contributed by atoms with E-state index in [-0.39, 0.29) is 17.0 Å². The molecule has 0 saturated heterocycles. The predicted octanol–water partition coefficient (Wildman–Crippen LogP) is 3.81. The zero-order chi connectivity index (χ0) is 19.2. The van der Waals surface area contributed by atoms with E-state index in [0.29, 0.717) is 23.9 Å². The van der Waals surface area contributed by atoms with E-state index in [0.717, 1.165) is 11.1 Å². The van der Waals surface area contributed by atoms with Gasteiger partial charge in [-0.1, -0.05) is 49.0 Å². The Labute approximate surface area is 162 Å². The fourth-order valence-corrected chi connectivity index (χ4v) is 3.56. The molecule has 5 nitrogen and oxygen atoms in total. The Morgan fingerprint density at radius 1 is 1.15 bits per heavy atom. The second-order valence-corrected chi connectivity index (χ2v) is 7.26. The fraction of sp³-hybridized carbons (Fsp3) is 0.250. The number of hydrogen-bond acceptors (Lipinski definition) is 4. The molecule has 0 aliphatic rings. The lowest BCUT2D eigenvalue weighted by molar-refractivity contribution is -0.120. The minimum atomic E-state index is -0.295. The molecule has 0 spiro atoms. The van der Waals surface area contributed by atoms with Crippen LogP contribution in [0.15, 0.2) is 59.8 Å². The van der Waals surface area contributed by atoms with E-state index in [2.05, 4.69) is 15.5 Å². The average Bonchev–Trinajstić information content (AvgIpc) is 3.06. The summed E-state index contributed by atoms with van der Waals surface area (Å²) in [5, 5.41) is 11.8. The molecular weight excluding hydrogens is 363 g/mol. The minimum Gasteiger partial charge on any atom is -0.351 e. The van der Waals surface area contributed by atoms with Crippen LogP contribution in [-0.2, 0) is 18.4 Å². The Morgan fingerprint density at radius 3 is 2.52 bits per heavy atom. The molecule has 0 aliphatic carbocycles. The molecule has 0 fully saturated rings. The molecule has 1 N–H and O–H groups in total. The number of benzene rings is 2. The largest absolute Gasteiger partial charge is 0.351 e. The van der Waals surface area contributed by atoms with Crippen molar-refractivity contribution in [2.45, 2.75) is 30.3 Å². The molecule has 1 atom stereocenters. The molecule has 3 aromatic rings. The molecular formula is C20H21FN4OS. The quantitative estimate of drug-likeness (QED) is 0.630. The molecule has 7 heteroatoms. The summed E-state index contributed by atoms with van der Waals surface area (Å²) in [6.45, 7) is 2.47. The zero-order valence-corrected chi connectivity index (χ0v) is 16.0. The SMILES string of the molecule is CCC(Sc1nnc(-c2ccc(F)cc2)n1C)C(=O)NCc1ccccc1. The van der Waals surface area contributed by atoms with Gasteiger partial charge in [0.2, 0.25) is 5.91 Å². The maximum atomic E-state index is 13.1. The summed E-state index contributed by atoms with van der Waals surface area (Å²) in [5.74, 6) is 0.311. The third-order valence-corrected chi connectivity index (χ3v) is 5.56. The first-order valence-corrected chi connectivity index (χ1v) is 9.60. The smallest absolute Gasteiger partial charge is 0.233 e. The minimum absolute atomic E-state index is 0.0299. The lowest BCUT2D eigenvalue weighted by atomic mass is 10.2. The van der Waals surface area contributed by atoms with Crippen LogP contribution in [0.5, 0.6) is 0 Å². The summed E-state index contributed by atoms with van der Waals surface area (Å²) < 4.78 is 14.9. The first kappa shape index (κ1) is 19.1. The second kappa shape index (κ2) is 8.81. The highest BCUT2D eigenvalue weighted by atomic mass is 32.2. The van der Waals surface area contributed by atoms with Gasteiger partial charge in [-0.05, 0) is 36.2 Å². The summed E-state index contributed by atoms with van der Waals surface area (Å²) in [6, 6.07) is 15.9. The number of rotatable bonds is 7. The van der Waals surface area contributed by atoms with Crippen molar-refractivity contribution >= 4 is 17.7 Å². The summed E-state index contributed by atoms with van der Waals surface area (Å²) in [7, 11) is 1.84. The van der Waals surface area contributed by atoms with Crippen LogP contribution in [0.25, 0.3) is 11.4 Å². The van der Waals surface area contributed by atoms with Crippen molar-refractivity contribution in [2.24, 2.45) is 7.05 Å². The van der Waals surface area contributed by atoms with Crippen LogP contribution in [0.1, 0.15) is 18.9 Å². The number of amides is 1. The van der Waals surface area contributed by atoms with Gasteiger partial charge in [-0.25, -0.2) is 4.39 Å². The number of carbonyl (C=O) groups is 1. The van der Waals surface area contributed by atoms with Crippen molar-refractivity contribution in [1.82, 2.24) is 20.1 Å². The zero-order valence-electron chi connectivity index (χ0n) is 15.2. The molecule has 0 saturated carbocycles. The normalized spacial score (nSPS) is 12.0. The Balaban J connectivity index is 1.67. The molecule has 2 aromatic carbocycles. The van der Waals surface area contributed by atoms with E-state index >= 15 is 0 Å². The van der Waals surface area contributed by atoms with Gasteiger partial charge in [0.15, 0.2) is 11.0 Å². The van der Waals surface area contributed by atoms with Gasteiger partial charge < -0.3 is 9.88 Å². The van der Waals surface area contributed by atoms with E-state index < -0.39 is 0 Å². The fourth-order valence-electron chi connectivity index (χ4n) is 2.62. The first-order valence-electron chi connectivity index (χ1n) is 8.72. The monoisotopic (exact) mass is 384 g/mol. The Hall–Kier alpha value is -2.67. The van der Waals surface area contributed by atoms with E-state index in [1.807, 2.05) is 48.9 Å². The number of nitrogens with one attached hydrogen (secondary N) is 1. The topological polar surface area (TPSA) is 59.8 Å². The highest BCUT2D eigenvalue weighted by molar-refractivity contribution is 8.00. The number of hydrogen-bond donors (Lipinski definition) is 1. The molecule has 1 amide bonds. The van der Waals surface area contributed by atoms with Crippen molar-refractivity contribution in [3.63, 3.8) is 0 Å². The van der Waals surface area contributed by atoms with E-state index in [9.17, 15) is 9.18 Å². The van der Waals surface area contributed by atoms with Gasteiger partial charge in [0.05, 0.1) is 5.25 Å². The van der Waals surface area contributed by atoms with Crippen LogP contribution in [0.4, 0.5) is 4.39 Å². The summed E-state index contributed by atoms with van der Waals surface area (Å²) >= 11 is 1.38. The standard InChI is InChI=1S/C20H21FN4OS/c1-3-17(19(26)22-13-14-7-5-4-6-8-14)27-20-24-23-18(25(20)2)15-9-11-16(21)12-10-15/h4-12,17H,3,13H2,1-2H3,(H,22,26). The first-order chi connectivity index (χ1) is 13.1. The number of halogens is 1. The van der Waals surface area contributed by atoms with Gasteiger partial charge in [-0.3, -0.25) is 4.79 Å². The molecule has 27 heavy (non-hydrogen) atoms. The lowest BCUT2D eigenvalue weighted by Crippen LogP contribution is -2.32. The lowest BCUT2D eigenvalue weighted by Gasteiger charge is -2.14. The number of carbonyl (C=O) groups excluding carboxylic acids is 1. The molecule has 3 rings (SSSR count). The average molecular weight is 384 g/mol. The van der Waals surface area contributed by atoms with Gasteiger partial charge in [-0.15, -0.1) is 10.2 Å². The highest BCUT2D eigenvalue weighted by Crippen LogP contribution is 2.27. The maximum absolute atomic E-state index is 13.1. The van der Waals surface area contributed by atoms with Crippen LogP contribution in [0.3, 0.4) is 0 Å². The van der Waals surface area contributed by atoms with E-state index in [1.54, 1.807) is 12.1 Å². The van der Waals surface area contributed by atoms with Crippen molar-refractivity contribution < 1.29 is 9.18 Å². The van der Waals surface area contributed by atoms with Crippen molar-refractivity contribution in [3.05, 3.63) is 66.0 Å². The van der Waals surface area contributed by atoms with Gasteiger partial charge in [0, 0.05) is 19.2 Å². The summed E-state index contributed by atoms with van der Waals surface area (Å²) in [5.41, 5.74) is 1.84. The highest BCUT2D eigenvalue weighted by Gasteiger charge is 2.21. The van der Waals surface area contributed by atoms with Gasteiger partial charge in [-0.2, -0.15) is 0 Å². The maximum Gasteiger partial charge on any atom is 0.233 e. The summed E-state index contributed by atoms with van der Waals surface area (Å²) in [6.07, 6.45) is 0.671. The number of nitrogens with zero attached hydrogens (tertiary/aromatic N) is 3. The van der Waals surface area contributed by atoms with Crippen molar-refractivity contribution in [3.8, 4) is 11.4 Å². The van der Waals surface area contributed by atoms with E-state index in [4.69, 9.17) is 0 Å². The third kappa shape index (κ3) is 4.74. The van der Waals surface area contributed by atoms with Gasteiger partial charge >= 0.3 is 0 Å². The molecule has 0 aliphatic heterocycles. The van der Waals surface area contributed by atoms with Crippen molar-refractivity contribution in [1.29, 1.82) is 0 Å². The molecule has 0 bridgehead atoms. The molecule has 140 valence electrons. The Kier molecular flexibility index (Phi) is 6.24. The third-order valence-electron chi connectivity index (χ3n) is 4.16. The van der Waals surface area contributed by atoms with Gasteiger partial charge in [0.25, 0.3) is 0 Å². The second-order valence-electron chi connectivity index (χ2n) is 6.09. The number of thioether (sulfide) groups is 1. The Bertz CT molecular complexity index is 896. The van der Waals surface area contributed by atoms with E-state index in [1.165, 1.54) is 23.9 Å². The van der Waals surface area contributed by atoms with Crippen LogP contribution in [0, 0.1) is 5.82 Å². The summed E-state index contributed by atoms with van der Waals surface area (Å²) in [4.78, 5) is 12.5. The van der Waals surface area contributed by atoms with Crippen LogP contribution < -0.4 is 5.32 Å². The van der Waals surface area contributed by atoms with Crippen LogP contribution in [-0.4, -0.2) is 25.9 Å². The Morgan fingerprint density at radius 2 is 1.85 bits per heavy atom. The van der Waals surface area contributed by atoms with Crippen LogP contribution >= 0.6 is 11.8 Å². The van der Waals surface area contributed by atoms with Gasteiger partial charge in [0.1, 0.15) is 5.82 Å². The predicted molar refractivity (Wildman–Crippen MR) is 105 cm³/mol. The molecule has 1 heterocycles. The molecule has 1 aromatic heterocycles. The van der Waals surface area contributed by atoms with Crippen molar-refractivity contribution in [2.75, 3.05) is 0 Å². The number of aromatic nitrogens is 3. The van der Waals surface area contributed by atoms with Crippen LogP contribution in [0.2, 0.25) is 0 Å². The molecule has 0 radical (unpaired) electrons. The molecule has 1 unspecified atom stereocenters.